The van der Waals surface area contributed by atoms with Gasteiger partial charge in [0, 0.05) is 11.8 Å². The number of nitrogens with one attached hydrogen (secondary N) is 1. The molecule has 1 N–H and O–H groups in total. The maximum absolute atomic E-state index is 12.1. The molecule has 28 heavy (non-hydrogen) atoms. The van der Waals surface area contributed by atoms with Crippen molar-refractivity contribution in [1.82, 2.24) is 0 Å². The van der Waals surface area contributed by atoms with Crippen molar-refractivity contribution in [1.29, 1.82) is 0 Å². The Morgan fingerprint density at radius 2 is 1.50 bits per heavy atom. The first kappa shape index (κ1) is 19.2. The largest absolute Gasteiger partial charge is 0.494 e. The van der Waals surface area contributed by atoms with E-state index in [-0.39, 0.29) is 5.91 Å². The Hall–Kier alpha value is -3.53. The number of anilines is 1. The number of hydrogen-bond donors (Lipinski definition) is 1. The fourth-order valence-corrected chi connectivity index (χ4v) is 2.48. The van der Waals surface area contributed by atoms with Crippen LogP contribution in [0.15, 0.2) is 84.9 Å². The van der Waals surface area contributed by atoms with E-state index in [9.17, 15) is 4.79 Å². The molecule has 0 heterocycles. The van der Waals surface area contributed by atoms with Crippen LogP contribution in [0.5, 0.6) is 17.2 Å². The number of ether oxygens (including phenoxy) is 2. The Morgan fingerprint density at radius 3 is 2.18 bits per heavy atom. The summed E-state index contributed by atoms with van der Waals surface area (Å²) < 4.78 is 11.3. The number of hydrogen-bond acceptors (Lipinski definition) is 3. The highest BCUT2D eigenvalue weighted by atomic mass is 16.5. The molecule has 3 aromatic rings. The number of benzene rings is 3. The van der Waals surface area contributed by atoms with Crippen LogP contribution in [0.2, 0.25) is 0 Å². The third kappa shape index (κ3) is 6.02. The van der Waals surface area contributed by atoms with E-state index in [1.807, 2.05) is 78.9 Å². The predicted octanol–water partition coefficient (Wildman–Crippen LogP) is 5.92. The molecule has 0 radical (unpaired) electrons. The fraction of sp³-hybridized carbons (Fsp3) is 0.125. The zero-order valence-corrected chi connectivity index (χ0v) is 15.8. The van der Waals surface area contributed by atoms with Gasteiger partial charge >= 0.3 is 0 Å². The molecule has 0 aliphatic rings. The SMILES string of the molecule is CCCOc1ccc(/C=C\C(=O)Nc2ccc(Oc3ccccc3)cc2)cc1. The van der Waals surface area contributed by atoms with Gasteiger partial charge in [-0.2, -0.15) is 0 Å². The van der Waals surface area contributed by atoms with Crippen LogP contribution in [-0.2, 0) is 4.79 Å². The summed E-state index contributed by atoms with van der Waals surface area (Å²) in [5.41, 5.74) is 1.64. The molecule has 0 saturated heterocycles. The van der Waals surface area contributed by atoms with Crippen molar-refractivity contribution in [2.24, 2.45) is 0 Å². The van der Waals surface area contributed by atoms with Gasteiger partial charge in [-0.15, -0.1) is 0 Å². The van der Waals surface area contributed by atoms with Crippen molar-refractivity contribution in [2.45, 2.75) is 13.3 Å². The van der Waals surface area contributed by atoms with Gasteiger partial charge in [0.2, 0.25) is 5.91 Å². The summed E-state index contributed by atoms with van der Waals surface area (Å²) in [6.07, 6.45) is 4.25. The quantitative estimate of drug-likeness (QED) is 0.499. The van der Waals surface area contributed by atoms with Gasteiger partial charge in [-0.1, -0.05) is 37.3 Å². The molecule has 3 rings (SSSR count). The molecule has 0 bridgehead atoms. The van der Waals surface area contributed by atoms with Crippen molar-refractivity contribution in [3.05, 3.63) is 90.5 Å². The lowest BCUT2D eigenvalue weighted by atomic mass is 10.2. The highest BCUT2D eigenvalue weighted by Gasteiger charge is 2.01. The molecule has 142 valence electrons. The Morgan fingerprint density at radius 1 is 0.857 bits per heavy atom. The average molecular weight is 373 g/mol. The fourth-order valence-electron chi connectivity index (χ4n) is 2.48. The number of carbonyl (C=O) groups is 1. The Kier molecular flexibility index (Phi) is 6.85. The Labute approximate surface area is 165 Å². The Balaban J connectivity index is 1.52. The highest BCUT2D eigenvalue weighted by molar-refractivity contribution is 6.01. The summed E-state index contributed by atoms with van der Waals surface area (Å²) in [6.45, 7) is 2.77. The molecule has 0 unspecified atom stereocenters. The van der Waals surface area contributed by atoms with Crippen LogP contribution in [0.1, 0.15) is 18.9 Å². The van der Waals surface area contributed by atoms with E-state index >= 15 is 0 Å². The predicted molar refractivity (Wildman–Crippen MR) is 113 cm³/mol. The van der Waals surface area contributed by atoms with Gasteiger partial charge in [-0.05, 0) is 66.6 Å². The van der Waals surface area contributed by atoms with E-state index in [1.165, 1.54) is 6.08 Å². The Bertz CT molecular complexity index is 901. The summed E-state index contributed by atoms with van der Waals surface area (Å²) >= 11 is 0. The molecule has 0 aliphatic heterocycles. The van der Waals surface area contributed by atoms with Crippen molar-refractivity contribution < 1.29 is 14.3 Å². The van der Waals surface area contributed by atoms with Crippen molar-refractivity contribution in [3.8, 4) is 17.2 Å². The van der Waals surface area contributed by atoms with Crippen LogP contribution < -0.4 is 14.8 Å². The van der Waals surface area contributed by atoms with E-state index < -0.39 is 0 Å². The lowest BCUT2D eigenvalue weighted by Crippen LogP contribution is -2.07. The standard InChI is InChI=1S/C24H23NO3/c1-2-18-27-21-13-8-19(9-14-21)10-17-24(26)25-20-11-15-23(16-12-20)28-22-6-4-3-5-7-22/h3-17H,2,18H2,1H3,(H,25,26)/b17-10-. The second-order valence-corrected chi connectivity index (χ2v) is 6.18. The van der Waals surface area contributed by atoms with Crippen LogP contribution >= 0.6 is 0 Å². The third-order valence-corrected chi connectivity index (χ3v) is 3.88. The van der Waals surface area contributed by atoms with Crippen molar-refractivity contribution >= 4 is 17.7 Å². The minimum atomic E-state index is -0.192. The number of para-hydroxylation sites is 1. The summed E-state index contributed by atoms with van der Waals surface area (Å²) in [6, 6.07) is 24.5. The summed E-state index contributed by atoms with van der Waals surface area (Å²) in [7, 11) is 0. The first-order valence-corrected chi connectivity index (χ1v) is 9.28. The maximum Gasteiger partial charge on any atom is 0.248 e. The van der Waals surface area contributed by atoms with Gasteiger partial charge < -0.3 is 14.8 Å². The molecule has 0 atom stereocenters. The van der Waals surface area contributed by atoms with Crippen molar-refractivity contribution in [3.63, 3.8) is 0 Å². The zero-order chi connectivity index (χ0) is 19.6. The average Bonchev–Trinajstić information content (AvgIpc) is 2.74. The molecule has 0 aromatic heterocycles. The van der Waals surface area contributed by atoms with Crippen molar-refractivity contribution in [2.75, 3.05) is 11.9 Å². The van der Waals surface area contributed by atoms with Crippen LogP contribution in [0.25, 0.3) is 6.08 Å². The van der Waals surface area contributed by atoms with Crippen LogP contribution in [0.4, 0.5) is 5.69 Å². The second-order valence-electron chi connectivity index (χ2n) is 6.18. The lowest BCUT2D eigenvalue weighted by Gasteiger charge is -2.07. The zero-order valence-electron chi connectivity index (χ0n) is 15.8. The second kappa shape index (κ2) is 9.97. The number of carbonyl (C=O) groups excluding carboxylic acids is 1. The molecule has 1 amide bonds. The summed E-state index contributed by atoms with van der Waals surface area (Å²) in [5, 5.41) is 2.84. The maximum atomic E-state index is 12.1. The van der Waals surface area contributed by atoms with Gasteiger partial charge in [-0.25, -0.2) is 0 Å². The molecule has 3 aromatic carbocycles. The third-order valence-electron chi connectivity index (χ3n) is 3.88. The van der Waals surface area contributed by atoms with E-state index in [2.05, 4.69) is 12.2 Å². The molecule has 4 nitrogen and oxygen atoms in total. The molecule has 0 spiro atoms. The normalized spacial score (nSPS) is 10.6. The molecular weight excluding hydrogens is 350 g/mol. The van der Waals surface area contributed by atoms with Gasteiger partial charge in [0.05, 0.1) is 6.61 Å². The van der Waals surface area contributed by atoms with Crippen LogP contribution in [0, 0.1) is 0 Å². The molecule has 0 fully saturated rings. The molecule has 0 aliphatic carbocycles. The van der Waals surface area contributed by atoms with Crippen LogP contribution in [0.3, 0.4) is 0 Å². The van der Waals surface area contributed by atoms with E-state index in [0.29, 0.717) is 18.0 Å². The number of amides is 1. The lowest BCUT2D eigenvalue weighted by molar-refractivity contribution is -0.111. The van der Waals surface area contributed by atoms with Gasteiger partial charge in [-0.3, -0.25) is 4.79 Å². The molecular formula is C24H23NO3. The van der Waals surface area contributed by atoms with Gasteiger partial charge in [0.15, 0.2) is 0 Å². The first-order chi connectivity index (χ1) is 13.7. The van der Waals surface area contributed by atoms with Crippen LogP contribution in [-0.4, -0.2) is 12.5 Å². The topological polar surface area (TPSA) is 47.6 Å². The van der Waals surface area contributed by atoms with E-state index in [1.54, 1.807) is 6.08 Å². The molecule has 0 saturated carbocycles. The smallest absolute Gasteiger partial charge is 0.248 e. The minimum Gasteiger partial charge on any atom is -0.494 e. The molecule has 4 heteroatoms. The highest BCUT2D eigenvalue weighted by Crippen LogP contribution is 2.22. The van der Waals surface area contributed by atoms with E-state index in [0.717, 1.165) is 23.5 Å². The monoisotopic (exact) mass is 373 g/mol. The summed E-state index contributed by atoms with van der Waals surface area (Å²) in [5.74, 6) is 2.13. The van der Waals surface area contributed by atoms with E-state index in [4.69, 9.17) is 9.47 Å². The number of rotatable bonds is 8. The van der Waals surface area contributed by atoms with Gasteiger partial charge in [0.25, 0.3) is 0 Å². The van der Waals surface area contributed by atoms with Gasteiger partial charge in [0.1, 0.15) is 17.2 Å². The minimum absolute atomic E-state index is 0.192. The summed E-state index contributed by atoms with van der Waals surface area (Å²) in [4.78, 5) is 12.1. The first-order valence-electron chi connectivity index (χ1n) is 9.28.